The summed E-state index contributed by atoms with van der Waals surface area (Å²) in [6, 6.07) is 59.2. The van der Waals surface area contributed by atoms with Gasteiger partial charge in [-0.05, 0) is 87.2 Å². The number of fused-ring (bicyclic) bond motifs is 8. The molecule has 0 saturated carbocycles. The monoisotopic (exact) mass is 731 g/mol. The first-order chi connectivity index (χ1) is 27.8. The molecule has 4 heteroatoms. The van der Waals surface area contributed by atoms with E-state index in [-0.39, 0.29) is 5.41 Å². The van der Waals surface area contributed by atoms with Crippen molar-refractivity contribution in [3.05, 3.63) is 175 Å². The molecule has 3 heterocycles. The normalized spacial score (nSPS) is 12.4. The average molecular weight is 732 g/mol. The van der Waals surface area contributed by atoms with Crippen LogP contribution in [0.15, 0.2) is 168 Å². The SMILES string of the molecule is Cc1cc(-c2ccccc2Nc2ccc(C(C)(C)C)cc2)c2c3c1c1c4ccccc4ccc1n3-c1cc3c(-c4ccccc4)c(-c4ccccc4)oc3cc1[B]2. The highest BCUT2D eigenvalue weighted by atomic mass is 16.3. The number of aryl methyl sites for hydroxylation is 1. The van der Waals surface area contributed by atoms with Crippen molar-refractivity contribution < 1.29 is 4.42 Å². The maximum Gasteiger partial charge on any atom is 0.198 e. The number of hydrogen-bond donors (Lipinski definition) is 1. The highest BCUT2D eigenvalue weighted by Gasteiger charge is 2.30. The molecule has 1 N–H and O–H groups in total. The van der Waals surface area contributed by atoms with Gasteiger partial charge in [0.2, 0.25) is 0 Å². The van der Waals surface area contributed by atoms with Gasteiger partial charge < -0.3 is 14.3 Å². The van der Waals surface area contributed by atoms with Crippen LogP contribution in [0.25, 0.3) is 82.8 Å². The number of rotatable bonds is 5. The second-order valence-corrected chi connectivity index (χ2v) is 16.5. The summed E-state index contributed by atoms with van der Waals surface area (Å²) in [5, 5.41) is 10.0. The molecule has 57 heavy (non-hydrogen) atoms. The molecule has 0 bridgehead atoms. The lowest BCUT2D eigenvalue weighted by molar-refractivity contribution is 0.590. The van der Waals surface area contributed by atoms with Crippen molar-refractivity contribution in [2.45, 2.75) is 33.1 Å². The van der Waals surface area contributed by atoms with E-state index in [1.165, 1.54) is 54.7 Å². The Hall–Kier alpha value is -6.78. The molecule has 0 spiro atoms. The molecule has 0 saturated heterocycles. The van der Waals surface area contributed by atoms with E-state index in [2.05, 4.69) is 209 Å². The summed E-state index contributed by atoms with van der Waals surface area (Å²) in [4.78, 5) is 0. The molecule has 11 rings (SSSR count). The third kappa shape index (κ3) is 5.28. The van der Waals surface area contributed by atoms with E-state index in [1.54, 1.807) is 0 Å². The Morgan fingerprint density at radius 2 is 1.32 bits per heavy atom. The van der Waals surface area contributed by atoms with Gasteiger partial charge in [0.25, 0.3) is 0 Å². The molecule has 2 aromatic heterocycles. The smallest absolute Gasteiger partial charge is 0.198 e. The summed E-state index contributed by atoms with van der Waals surface area (Å²) in [6.07, 6.45) is 0. The van der Waals surface area contributed by atoms with Crippen molar-refractivity contribution in [2.75, 3.05) is 5.32 Å². The lowest BCUT2D eigenvalue weighted by Crippen LogP contribution is -2.37. The number of hydrogen-bond acceptors (Lipinski definition) is 2. The number of anilines is 2. The molecule has 1 aliphatic rings. The van der Waals surface area contributed by atoms with Crippen molar-refractivity contribution in [1.29, 1.82) is 0 Å². The fourth-order valence-corrected chi connectivity index (χ4v) is 9.14. The summed E-state index contributed by atoms with van der Waals surface area (Å²) >= 11 is 0. The van der Waals surface area contributed by atoms with E-state index >= 15 is 0 Å². The van der Waals surface area contributed by atoms with Crippen LogP contribution in [0.4, 0.5) is 11.4 Å². The zero-order chi connectivity index (χ0) is 38.4. The maximum absolute atomic E-state index is 6.90. The zero-order valence-corrected chi connectivity index (χ0v) is 32.5. The van der Waals surface area contributed by atoms with E-state index < -0.39 is 0 Å². The van der Waals surface area contributed by atoms with Crippen LogP contribution in [0.2, 0.25) is 0 Å². The highest BCUT2D eigenvalue weighted by Crippen LogP contribution is 2.45. The molecule has 8 aromatic carbocycles. The quantitative estimate of drug-likeness (QED) is 0.179. The minimum absolute atomic E-state index is 0.0927. The second-order valence-electron chi connectivity index (χ2n) is 16.5. The van der Waals surface area contributed by atoms with E-state index in [9.17, 15) is 0 Å². The molecule has 10 aromatic rings. The van der Waals surface area contributed by atoms with Gasteiger partial charge in [0, 0.05) is 55.4 Å². The van der Waals surface area contributed by atoms with Crippen LogP contribution in [-0.4, -0.2) is 11.8 Å². The predicted octanol–water partition coefficient (Wildman–Crippen LogP) is 13.0. The van der Waals surface area contributed by atoms with Crippen molar-refractivity contribution in [1.82, 2.24) is 4.57 Å². The van der Waals surface area contributed by atoms with Gasteiger partial charge in [-0.3, -0.25) is 0 Å². The highest BCUT2D eigenvalue weighted by molar-refractivity contribution is 6.74. The van der Waals surface area contributed by atoms with E-state index in [0.29, 0.717) is 0 Å². The van der Waals surface area contributed by atoms with Crippen LogP contribution in [0.5, 0.6) is 0 Å². The molecular weight excluding hydrogens is 691 g/mol. The van der Waals surface area contributed by atoms with Crippen molar-refractivity contribution >= 4 is 73.1 Å². The number of benzene rings is 8. The van der Waals surface area contributed by atoms with Crippen molar-refractivity contribution in [2.24, 2.45) is 0 Å². The summed E-state index contributed by atoms with van der Waals surface area (Å²) in [5.41, 5.74) is 17.3. The minimum atomic E-state index is 0.0927. The fraction of sp³-hybridized carbons (Fsp3) is 0.0943. The van der Waals surface area contributed by atoms with Gasteiger partial charge in [-0.15, -0.1) is 0 Å². The largest absolute Gasteiger partial charge is 0.455 e. The van der Waals surface area contributed by atoms with Crippen LogP contribution in [0.1, 0.15) is 31.9 Å². The standard InChI is InChI=1S/C53H40BN2O/c1-32-29-40(39-21-13-14-22-43(39)55-37-26-24-36(25-27-37)53(2,3)4)50-51-47(32)49-38-20-12-11-15-33(38)23-28-44(49)56(51)45-30-41-46(31-42(45)54-50)57-52(35-18-9-6-10-19-35)48(41)34-16-7-5-8-17-34/h5-31,55H,1-4H3. The zero-order valence-electron chi connectivity index (χ0n) is 32.5. The van der Waals surface area contributed by atoms with Crippen LogP contribution in [-0.2, 0) is 5.41 Å². The van der Waals surface area contributed by atoms with Gasteiger partial charge >= 0.3 is 0 Å². The first-order valence-corrected chi connectivity index (χ1v) is 19.8. The number of furan rings is 1. The van der Waals surface area contributed by atoms with E-state index in [4.69, 9.17) is 4.42 Å². The van der Waals surface area contributed by atoms with E-state index in [1.807, 2.05) is 0 Å². The molecule has 3 nitrogen and oxygen atoms in total. The van der Waals surface area contributed by atoms with Gasteiger partial charge in [0.05, 0.1) is 5.52 Å². The third-order valence-corrected chi connectivity index (χ3v) is 11.9. The Balaban J connectivity index is 1.19. The summed E-state index contributed by atoms with van der Waals surface area (Å²) < 4.78 is 9.43. The number of nitrogens with zero attached hydrogens (tertiary/aromatic N) is 1. The Kier molecular flexibility index (Phi) is 7.43. The van der Waals surface area contributed by atoms with Gasteiger partial charge in [0.15, 0.2) is 7.28 Å². The summed E-state index contributed by atoms with van der Waals surface area (Å²) in [6.45, 7) is 9.05. The molecule has 0 atom stereocenters. The van der Waals surface area contributed by atoms with Crippen LogP contribution in [0.3, 0.4) is 0 Å². The number of para-hydroxylation sites is 1. The average Bonchev–Trinajstić information content (AvgIpc) is 3.79. The van der Waals surface area contributed by atoms with Gasteiger partial charge in [0.1, 0.15) is 11.3 Å². The first-order valence-electron chi connectivity index (χ1n) is 19.8. The second kappa shape index (κ2) is 12.6. The van der Waals surface area contributed by atoms with Crippen LogP contribution in [0, 0.1) is 6.92 Å². The molecule has 0 amide bonds. The Labute approximate surface area is 333 Å². The Morgan fingerprint density at radius 3 is 2.09 bits per heavy atom. The molecule has 0 fully saturated rings. The predicted molar refractivity (Wildman–Crippen MR) is 243 cm³/mol. The van der Waals surface area contributed by atoms with Gasteiger partial charge in [-0.2, -0.15) is 0 Å². The lowest BCUT2D eigenvalue weighted by Gasteiger charge is -2.24. The third-order valence-electron chi connectivity index (χ3n) is 11.9. The first kappa shape index (κ1) is 33.6. The molecule has 1 radical (unpaired) electrons. The Bertz CT molecular complexity index is 3200. The fourth-order valence-electron chi connectivity index (χ4n) is 9.14. The van der Waals surface area contributed by atoms with Gasteiger partial charge in [-0.25, -0.2) is 0 Å². The van der Waals surface area contributed by atoms with Crippen molar-refractivity contribution in [3.8, 4) is 39.3 Å². The molecule has 271 valence electrons. The topological polar surface area (TPSA) is 30.1 Å². The van der Waals surface area contributed by atoms with Crippen molar-refractivity contribution in [3.63, 3.8) is 0 Å². The summed E-state index contributed by atoms with van der Waals surface area (Å²) in [5.74, 6) is 0.886. The number of nitrogens with one attached hydrogen (secondary N) is 1. The lowest BCUT2D eigenvalue weighted by atomic mass is 9.58. The Morgan fingerprint density at radius 1 is 0.614 bits per heavy atom. The molecule has 1 aliphatic heterocycles. The van der Waals surface area contributed by atoms with Crippen LogP contribution >= 0.6 is 0 Å². The molecule has 0 aliphatic carbocycles. The summed E-state index contributed by atoms with van der Waals surface area (Å²) in [7, 11) is 2.40. The van der Waals surface area contributed by atoms with Gasteiger partial charge in [-0.1, -0.05) is 154 Å². The van der Waals surface area contributed by atoms with E-state index in [0.717, 1.165) is 61.5 Å². The van der Waals surface area contributed by atoms with Crippen LogP contribution < -0.4 is 16.2 Å². The minimum Gasteiger partial charge on any atom is -0.455 e. The molecule has 0 unspecified atom stereocenters. The molecular formula is C53H40BN2O. The number of aromatic nitrogens is 1. The maximum atomic E-state index is 6.90.